The van der Waals surface area contributed by atoms with Gasteiger partial charge in [-0.25, -0.2) is 10.4 Å². The summed E-state index contributed by atoms with van der Waals surface area (Å²) in [6.07, 6.45) is 1.67. The number of methoxy groups -OCH3 is 1. The summed E-state index contributed by atoms with van der Waals surface area (Å²) in [4.78, 5) is 26.9. The van der Waals surface area contributed by atoms with Crippen LogP contribution in [0.15, 0.2) is 52.7 Å². The summed E-state index contributed by atoms with van der Waals surface area (Å²) in [5.41, 5.74) is 8.90. The van der Waals surface area contributed by atoms with E-state index in [0.717, 1.165) is 10.6 Å². The van der Waals surface area contributed by atoms with Crippen molar-refractivity contribution in [1.82, 2.24) is 10.4 Å². The van der Waals surface area contributed by atoms with E-state index in [1.807, 2.05) is 18.2 Å². The summed E-state index contributed by atoms with van der Waals surface area (Å²) >= 11 is 1.33. The largest absolute Gasteiger partial charge is 0.493 e. The summed E-state index contributed by atoms with van der Waals surface area (Å²) in [6.45, 7) is 1.51. The van der Waals surface area contributed by atoms with E-state index in [1.165, 1.54) is 18.9 Å². The Labute approximate surface area is 161 Å². The maximum atomic E-state index is 11.9. The molecule has 0 bridgehead atoms. The zero-order chi connectivity index (χ0) is 19.6. The van der Waals surface area contributed by atoms with Crippen LogP contribution < -0.4 is 20.6 Å². The van der Waals surface area contributed by atoms with Gasteiger partial charge in [-0.05, 0) is 37.3 Å². The monoisotopic (exact) mass is 388 g/mol. The van der Waals surface area contributed by atoms with E-state index in [4.69, 9.17) is 15.2 Å². The molecule has 0 unspecified atom stereocenters. The highest BCUT2D eigenvalue weighted by Crippen LogP contribution is 2.28. The number of nitrogens with one attached hydrogen (secondary N) is 1. The number of amides is 2. The second kappa shape index (κ2) is 10.2. The lowest BCUT2D eigenvalue weighted by molar-refractivity contribution is -0.120. The lowest BCUT2D eigenvalue weighted by Crippen LogP contribution is -2.21. The van der Waals surface area contributed by atoms with Crippen LogP contribution >= 0.6 is 11.8 Å². The number of hydrogen-bond acceptors (Lipinski definition) is 7. The second-order valence-electron chi connectivity index (χ2n) is 5.31. The molecule has 9 heteroatoms. The molecule has 0 aliphatic heterocycles. The van der Waals surface area contributed by atoms with E-state index >= 15 is 0 Å². The van der Waals surface area contributed by atoms with Crippen LogP contribution in [-0.2, 0) is 9.59 Å². The van der Waals surface area contributed by atoms with Crippen LogP contribution in [0, 0.1) is 0 Å². The Morgan fingerprint density at radius 2 is 2.07 bits per heavy atom. The van der Waals surface area contributed by atoms with Crippen molar-refractivity contribution in [3.63, 3.8) is 0 Å². The average molecular weight is 388 g/mol. The molecule has 27 heavy (non-hydrogen) atoms. The molecular formula is C18H20N4O4S. The molecule has 0 aliphatic carbocycles. The normalized spacial score (nSPS) is 11.0. The minimum atomic E-state index is -0.579. The smallest absolute Gasteiger partial charge is 0.255 e. The van der Waals surface area contributed by atoms with Gasteiger partial charge < -0.3 is 15.2 Å². The number of thioether (sulfide) groups is 1. The molecule has 8 nitrogen and oxygen atoms in total. The van der Waals surface area contributed by atoms with E-state index in [1.54, 1.807) is 31.3 Å². The number of carbonyl (C=O) groups excluding carboxylic acids is 2. The van der Waals surface area contributed by atoms with Gasteiger partial charge in [0.15, 0.2) is 18.1 Å². The van der Waals surface area contributed by atoms with E-state index < -0.39 is 5.91 Å². The molecule has 0 saturated heterocycles. The van der Waals surface area contributed by atoms with E-state index in [0.29, 0.717) is 17.2 Å². The Hall–Kier alpha value is -3.07. The number of ether oxygens (including phenoxy) is 2. The topological polar surface area (TPSA) is 116 Å². The first kappa shape index (κ1) is 20.2. The molecule has 1 aromatic heterocycles. The molecule has 0 saturated carbocycles. The molecule has 3 N–H and O–H groups in total. The van der Waals surface area contributed by atoms with Gasteiger partial charge in [0.25, 0.3) is 5.91 Å². The van der Waals surface area contributed by atoms with Gasteiger partial charge >= 0.3 is 0 Å². The lowest BCUT2D eigenvalue weighted by Gasteiger charge is -2.11. The van der Waals surface area contributed by atoms with Crippen molar-refractivity contribution in [3.8, 4) is 11.5 Å². The number of hydrogen-bond donors (Lipinski definition) is 2. The minimum absolute atomic E-state index is 0.205. The van der Waals surface area contributed by atoms with E-state index in [9.17, 15) is 9.59 Å². The molecule has 1 heterocycles. The molecule has 2 rings (SSSR count). The quantitative estimate of drug-likeness (QED) is 0.383. The second-order valence-corrected chi connectivity index (χ2v) is 6.31. The van der Waals surface area contributed by atoms with Crippen LogP contribution in [0.5, 0.6) is 11.5 Å². The van der Waals surface area contributed by atoms with Crippen molar-refractivity contribution in [3.05, 3.63) is 48.2 Å². The van der Waals surface area contributed by atoms with Crippen molar-refractivity contribution in [2.45, 2.75) is 11.9 Å². The highest BCUT2D eigenvalue weighted by Gasteiger charge is 2.09. The van der Waals surface area contributed by atoms with Gasteiger partial charge in [-0.15, -0.1) is 0 Å². The van der Waals surface area contributed by atoms with Crippen LogP contribution in [0.2, 0.25) is 0 Å². The van der Waals surface area contributed by atoms with Crippen LogP contribution in [-0.4, -0.2) is 42.0 Å². The molecule has 0 aliphatic rings. The maximum absolute atomic E-state index is 11.9. The van der Waals surface area contributed by atoms with Crippen molar-refractivity contribution >= 4 is 29.3 Å². The zero-order valence-electron chi connectivity index (χ0n) is 15.0. The van der Waals surface area contributed by atoms with Crippen molar-refractivity contribution in [2.24, 2.45) is 10.8 Å². The van der Waals surface area contributed by atoms with Crippen molar-refractivity contribution in [2.75, 3.05) is 19.5 Å². The third kappa shape index (κ3) is 6.63. The molecule has 2 amide bonds. The summed E-state index contributed by atoms with van der Waals surface area (Å²) in [5, 5.41) is 4.87. The number of pyridine rings is 1. The number of primary amides is 1. The number of benzene rings is 1. The number of hydrazone groups is 1. The molecule has 0 fully saturated rings. The van der Waals surface area contributed by atoms with Gasteiger partial charge in [0, 0.05) is 11.8 Å². The molecule has 0 spiro atoms. The predicted molar refractivity (Wildman–Crippen MR) is 103 cm³/mol. The fraction of sp³-hybridized carbons (Fsp3) is 0.222. The van der Waals surface area contributed by atoms with Crippen LogP contribution in [0.1, 0.15) is 12.5 Å². The van der Waals surface area contributed by atoms with Crippen LogP contribution in [0.3, 0.4) is 0 Å². The van der Waals surface area contributed by atoms with E-state index in [-0.39, 0.29) is 18.3 Å². The summed E-state index contributed by atoms with van der Waals surface area (Å²) in [5.74, 6) is 0.212. The first-order valence-corrected chi connectivity index (χ1v) is 8.94. The summed E-state index contributed by atoms with van der Waals surface area (Å²) in [6, 6.07) is 10.6. The van der Waals surface area contributed by atoms with Crippen LogP contribution in [0.25, 0.3) is 0 Å². The van der Waals surface area contributed by atoms with Gasteiger partial charge in [-0.3, -0.25) is 9.59 Å². The number of nitrogens with two attached hydrogens (primary N) is 1. The standard InChI is InChI=1S/C18H20N4O4S/c1-12(21-22-17(24)11-27-18-5-3-4-8-20-18)13-6-7-14(15(9-13)25-2)26-10-16(19)23/h3-9H,10-11H2,1-2H3,(H2,19,23)(H,22,24). The summed E-state index contributed by atoms with van der Waals surface area (Å²) < 4.78 is 10.5. The Morgan fingerprint density at radius 1 is 1.26 bits per heavy atom. The number of aromatic nitrogens is 1. The Kier molecular flexibility index (Phi) is 7.63. The Bertz CT molecular complexity index is 827. The van der Waals surface area contributed by atoms with Gasteiger partial charge in [-0.1, -0.05) is 17.8 Å². The highest BCUT2D eigenvalue weighted by atomic mass is 32.2. The molecule has 142 valence electrons. The van der Waals surface area contributed by atoms with E-state index in [2.05, 4.69) is 15.5 Å². The van der Waals surface area contributed by atoms with Gasteiger partial charge in [-0.2, -0.15) is 5.10 Å². The summed E-state index contributed by atoms with van der Waals surface area (Å²) in [7, 11) is 1.49. The highest BCUT2D eigenvalue weighted by molar-refractivity contribution is 7.99. The first-order chi connectivity index (χ1) is 13.0. The first-order valence-electron chi connectivity index (χ1n) is 7.96. The molecule has 0 radical (unpaired) electrons. The van der Waals surface area contributed by atoms with Crippen molar-refractivity contribution < 1.29 is 19.1 Å². The lowest BCUT2D eigenvalue weighted by atomic mass is 10.1. The Balaban J connectivity index is 1.95. The number of nitrogens with zero attached hydrogens (tertiary/aromatic N) is 2. The maximum Gasteiger partial charge on any atom is 0.255 e. The third-order valence-electron chi connectivity index (χ3n) is 3.29. The number of carbonyl (C=O) groups is 2. The fourth-order valence-corrected chi connectivity index (χ4v) is 2.63. The molecule has 1 aromatic carbocycles. The minimum Gasteiger partial charge on any atom is -0.493 e. The van der Waals surface area contributed by atoms with Gasteiger partial charge in [0.1, 0.15) is 0 Å². The average Bonchev–Trinajstić information content (AvgIpc) is 2.69. The van der Waals surface area contributed by atoms with Gasteiger partial charge in [0.05, 0.1) is 23.6 Å². The SMILES string of the molecule is COc1cc(C(C)=NNC(=O)CSc2ccccn2)ccc1OCC(N)=O. The number of rotatable bonds is 9. The van der Waals surface area contributed by atoms with Gasteiger partial charge in [0.2, 0.25) is 5.91 Å². The van der Waals surface area contributed by atoms with Crippen LogP contribution in [0.4, 0.5) is 0 Å². The molecular weight excluding hydrogens is 368 g/mol. The molecule has 0 atom stereocenters. The fourth-order valence-electron chi connectivity index (χ4n) is 1.98. The zero-order valence-corrected chi connectivity index (χ0v) is 15.8. The van der Waals surface area contributed by atoms with Crippen molar-refractivity contribution in [1.29, 1.82) is 0 Å². The molecule has 2 aromatic rings. The predicted octanol–water partition coefficient (Wildman–Crippen LogP) is 1.59. The Morgan fingerprint density at radius 3 is 2.74 bits per heavy atom. The third-order valence-corrected chi connectivity index (χ3v) is 4.23.